The molecule has 0 atom stereocenters. The number of carbonyl (C=O) groups excluding carboxylic acids is 1. The molecule has 2 aromatic heterocycles. The third-order valence-electron chi connectivity index (χ3n) is 5.23. The van der Waals surface area contributed by atoms with E-state index in [4.69, 9.17) is 0 Å². The molecule has 0 aliphatic carbocycles. The zero-order valence-electron chi connectivity index (χ0n) is 18.0. The van der Waals surface area contributed by atoms with Crippen molar-refractivity contribution >= 4 is 22.9 Å². The molecule has 0 aliphatic heterocycles. The number of nitrogens with one attached hydrogen (secondary N) is 1. The molecule has 2 heterocycles. The van der Waals surface area contributed by atoms with Crippen molar-refractivity contribution in [2.45, 2.75) is 25.9 Å². The van der Waals surface area contributed by atoms with Gasteiger partial charge in [0.2, 0.25) is 0 Å². The average molecular weight is 469 g/mol. The molecule has 0 radical (unpaired) electrons. The minimum absolute atomic E-state index is 0.00960. The molecule has 1 amide bonds. The molecular weight excluding hydrogens is 451 g/mol. The van der Waals surface area contributed by atoms with E-state index in [-0.39, 0.29) is 34.2 Å². The number of amides is 1. The lowest BCUT2D eigenvalue weighted by Gasteiger charge is -2.12. The van der Waals surface area contributed by atoms with Gasteiger partial charge in [-0.2, -0.15) is 18.3 Å². The van der Waals surface area contributed by atoms with Crippen LogP contribution in [0.3, 0.4) is 0 Å². The Kier molecular flexibility index (Phi) is 5.78. The van der Waals surface area contributed by atoms with Gasteiger partial charge in [-0.1, -0.05) is 50.2 Å². The van der Waals surface area contributed by atoms with Gasteiger partial charge in [0.1, 0.15) is 11.3 Å². The minimum atomic E-state index is -4.77. The maximum Gasteiger partial charge on any atom is 0.433 e. The predicted octanol–water partition coefficient (Wildman–Crippen LogP) is 5.70. The summed E-state index contributed by atoms with van der Waals surface area (Å²) in [6.45, 7) is 3.99. The quantitative estimate of drug-likeness (QED) is 0.298. The molecule has 0 spiro atoms. The van der Waals surface area contributed by atoms with Crippen molar-refractivity contribution in [2.75, 3.05) is 5.32 Å². The highest BCUT2D eigenvalue weighted by Gasteiger charge is 2.36. The normalized spacial score (nSPS) is 11.7. The molecule has 0 bridgehead atoms. The third kappa shape index (κ3) is 4.32. The number of aromatic nitrogens is 3. The van der Waals surface area contributed by atoms with Crippen LogP contribution in [0.15, 0.2) is 60.8 Å². The number of nitro groups is 1. The predicted molar refractivity (Wildman–Crippen MR) is 119 cm³/mol. The van der Waals surface area contributed by atoms with E-state index < -0.39 is 22.7 Å². The fourth-order valence-corrected chi connectivity index (χ4v) is 3.44. The molecule has 0 unspecified atom stereocenters. The molecule has 2 aromatic carbocycles. The molecule has 34 heavy (non-hydrogen) atoms. The Labute approximate surface area is 191 Å². The van der Waals surface area contributed by atoms with Gasteiger partial charge < -0.3 is 5.32 Å². The summed E-state index contributed by atoms with van der Waals surface area (Å²) in [4.78, 5) is 27.7. The molecule has 4 aromatic rings. The summed E-state index contributed by atoms with van der Waals surface area (Å²) in [5, 5.41) is 17.3. The van der Waals surface area contributed by atoms with Crippen LogP contribution in [0.2, 0.25) is 0 Å². The maximum absolute atomic E-state index is 13.8. The van der Waals surface area contributed by atoms with Gasteiger partial charge >= 0.3 is 6.18 Å². The second-order valence-corrected chi connectivity index (χ2v) is 7.82. The number of benzene rings is 2. The number of alkyl halides is 3. The second kappa shape index (κ2) is 8.58. The summed E-state index contributed by atoms with van der Waals surface area (Å²) in [6.07, 6.45) is -3.82. The zero-order chi connectivity index (χ0) is 24.6. The number of nitro benzene ring substituents is 1. The molecule has 11 heteroatoms. The number of hydrogen-bond donors (Lipinski definition) is 1. The van der Waals surface area contributed by atoms with Gasteiger partial charge in [0.05, 0.1) is 16.8 Å². The highest BCUT2D eigenvalue weighted by Crippen LogP contribution is 2.33. The standard InChI is InChI=1S/C23H18F3N5O3/c1-13(2)14-7-9-15(10-8-14)18-11-20(23(24,25)26)30-21(28-18)16(12-27-30)22(32)29-17-5-3-4-6-19(17)31(33)34/h3-13H,1-2H3,(H,29,32). The van der Waals surface area contributed by atoms with Gasteiger partial charge in [-0.05, 0) is 23.6 Å². The highest BCUT2D eigenvalue weighted by molar-refractivity contribution is 6.09. The number of carbonyl (C=O) groups is 1. The van der Waals surface area contributed by atoms with Gasteiger partial charge in [-0.15, -0.1) is 0 Å². The van der Waals surface area contributed by atoms with Gasteiger partial charge in [-0.25, -0.2) is 9.50 Å². The first-order valence-corrected chi connectivity index (χ1v) is 10.2. The van der Waals surface area contributed by atoms with E-state index >= 15 is 0 Å². The average Bonchev–Trinajstić information content (AvgIpc) is 3.22. The van der Waals surface area contributed by atoms with Crippen LogP contribution in [0.1, 0.15) is 41.4 Å². The summed E-state index contributed by atoms with van der Waals surface area (Å²) < 4.78 is 42.0. The molecule has 0 saturated carbocycles. The van der Waals surface area contributed by atoms with Crippen molar-refractivity contribution in [3.63, 3.8) is 0 Å². The largest absolute Gasteiger partial charge is 0.433 e. The Hall–Kier alpha value is -4.28. The number of para-hydroxylation sites is 2. The SMILES string of the molecule is CC(C)c1ccc(-c2cc(C(F)(F)F)n3ncc(C(=O)Nc4ccccc4[N+](=O)[O-])c3n2)cc1. The molecule has 174 valence electrons. The van der Waals surface area contributed by atoms with E-state index in [1.807, 2.05) is 13.8 Å². The van der Waals surface area contributed by atoms with Crippen molar-refractivity contribution in [1.29, 1.82) is 0 Å². The zero-order valence-corrected chi connectivity index (χ0v) is 18.0. The maximum atomic E-state index is 13.8. The third-order valence-corrected chi connectivity index (χ3v) is 5.23. The van der Waals surface area contributed by atoms with E-state index in [0.29, 0.717) is 10.1 Å². The van der Waals surface area contributed by atoms with Crippen LogP contribution in [0.5, 0.6) is 0 Å². The number of hydrogen-bond acceptors (Lipinski definition) is 5. The van der Waals surface area contributed by atoms with Gasteiger partial charge in [-0.3, -0.25) is 14.9 Å². The Morgan fingerprint density at radius 1 is 1.12 bits per heavy atom. The lowest BCUT2D eigenvalue weighted by molar-refractivity contribution is -0.383. The molecule has 0 fully saturated rings. The summed E-state index contributed by atoms with van der Waals surface area (Å²) in [7, 11) is 0. The van der Waals surface area contributed by atoms with Crippen LogP contribution in [-0.4, -0.2) is 25.4 Å². The summed E-state index contributed by atoms with van der Waals surface area (Å²) >= 11 is 0. The van der Waals surface area contributed by atoms with Crippen LogP contribution >= 0.6 is 0 Å². The van der Waals surface area contributed by atoms with Gasteiger partial charge in [0, 0.05) is 11.6 Å². The lowest BCUT2D eigenvalue weighted by atomic mass is 10.0. The smallest absolute Gasteiger partial charge is 0.316 e. The highest BCUT2D eigenvalue weighted by atomic mass is 19.4. The van der Waals surface area contributed by atoms with Crippen molar-refractivity contribution in [1.82, 2.24) is 14.6 Å². The van der Waals surface area contributed by atoms with Crippen molar-refractivity contribution in [3.05, 3.63) is 87.7 Å². The van der Waals surface area contributed by atoms with Crippen molar-refractivity contribution in [2.24, 2.45) is 0 Å². The van der Waals surface area contributed by atoms with Crippen LogP contribution < -0.4 is 5.32 Å². The van der Waals surface area contributed by atoms with E-state index in [9.17, 15) is 28.1 Å². The fourth-order valence-electron chi connectivity index (χ4n) is 3.44. The molecule has 0 saturated heterocycles. The molecule has 8 nitrogen and oxygen atoms in total. The van der Waals surface area contributed by atoms with E-state index in [1.165, 1.54) is 24.3 Å². The number of nitrogens with zero attached hydrogens (tertiary/aromatic N) is 4. The van der Waals surface area contributed by atoms with E-state index in [0.717, 1.165) is 17.8 Å². The first-order valence-electron chi connectivity index (χ1n) is 10.2. The fraction of sp³-hybridized carbons (Fsp3) is 0.174. The van der Waals surface area contributed by atoms with Crippen LogP contribution in [0, 0.1) is 10.1 Å². The van der Waals surface area contributed by atoms with E-state index in [2.05, 4.69) is 15.4 Å². The Morgan fingerprint density at radius 2 is 1.79 bits per heavy atom. The monoisotopic (exact) mass is 469 g/mol. The summed E-state index contributed by atoms with van der Waals surface area (Å²) in [5.74, 6) is -0.639. The number of rotatable bonds is 5. The van der Waals surface area contributed by atoms with E-state index in [1.54, 1.807) is 24.3 Å². The Bertz CT molecular complexity index is 1400. The Morgan fingerprint density at radius 3 is 2.41 bits per heavy atom. The van der Waals surface area contributed by atoms with Gasteiger partial charge in [0.25, 0.3) is 11.6 Å². The van der Waals surface area contributed by atoms with Crippen LogP contribution in [-0.2, 0) is 6.18 Å². The van der Waals surface area contributed by atoms with Crippen LogP contribution in [0.4, 0.5) is 24.5 Å². The number of anilines is 1. The Balaban J connectivity index is 1.82. The summed E-state index contributed by atoms with van der Waals surface area (Å²) in [6, 6.07) is 13.2. The molecular formula is C23H18F3N5O3. The first kappa shape index (κ1) is 22.9. The topological polar surface area (TPSA) is 102 Å². The van der Waals surface area contributed by atoms with Crippen molar-refractivity contribution < 1.29 is 22.9 Å². The van der Waals surface area contributed by atoms with Gasteiger partial charge in [0.15, 0.2) is 11.3 Å². The second-order valence-electron chi connectivity index (χ2n) is 7.82. The first-order chi connectivity index (χ1) is 16.1. The molecule has 1 N–H and O–H groups in total. The number of fused-ring (bicyclic) bond motifs is 1. The summed E-state index contributed by atoms with van der Waals surface area (Å²) in [5.41, 5.74) is -0.701. The molecule has 0 aliphatic rings. The number of halogens is 3. The lowest BCUT2D eigenvalue weighted by Crippen LogP contribution is -2.16. The van der Waals surface area contributed by atoms with Crippen LogP contribution in [0.25, 0.3) is 16.9 Å². The van der Waals surface area contributed by atoms with Crippen molar-refractivity contribution in [3.8, 4) is 11.3 Å². The molecule has 4 rings (SSSR count). The minimum Gasteiger partial charge on any atom is -0.316 e.